The summed E-state index contributed by atoms with van der Waals surface area (Å²) in [6.45, 7) is 2.98. The maximum absolute atomic E-state index is 5.55. The molecule has 5 heteroatoms. The number of aromatic nitrogens is 2. The molecule has 0 N–H and O–H groups in total. The normalized spacial score (nSPS) is 10.2. The molecule has 0 aromatic carbocycles. The van der Waals surface area contributed by atoms with Crippen molar-refractivity contribution in [1.82, 2.24) is 9.97 Å². The minimum atomic E-state index is 0.160. The average Bonchev–Trinajstić information content (AvgIpc) is 2.03. The van der Waals surface area contributed by atoms with E-state index in [0.29, 0.717) is 18.8 Å². The zero-order chi connectivity index (χ0) is 8.97. The summed E-state index contributed by atoms with van der Waals surface area (Å²) in [7, 11) is 5.55. The fourth-order valence-corrected chi connectivity index (χ4v) is 0.860. The van der Waals surface area contributed by atoms with Crippen molar-refractivity contribution in [3.8, 4) is 0 Å². The molecule has 0 aliphatic heterocycles. The predicted octanol–water partition coefficient (Wildman–Crippen LogP) is 0.460. The zero-order valence-corrected chi connectivity index (χ0v) is 7.51. The van der Waals surface area contributed by atoms with Crippen LogP contribution in [0, 0.1) is 0 Å². The summed E-state index contributed by atoms with van der Waals surface area (Å²) >= 11 is 5.51. The highest BCUT2D eigenvalue weighted by molar-refractivity contribution is 6.33. The molecule has 2 radical (unpaired) electrons. The molecule has 1 heterocycles. The van der Waals surface area contributed by atoms with E-state index in [9.17, 15) is 0 Å². The van der Waals surface area contributed by atoms with E-state index in [0.717, 1.165) is 5.56 Å². The van der Waals surface area contributed by atoms with Gasteiger partial charge in [0.15, 0.2) is 0 Å². The Morgan fingerprint density at radius 3 is 3.00 bits per heavy atom. The fourth-order valence-electron chi connectivity index (χ4n) is 0.721. The molecule has 0 atom stereocenters. The molecule has 0 amide bonds. The van der Waals surface area contributed by atoms with Gasteiger partial charge in [0.25, 0.3) is 0 Å². The van der Waals surface area contributed by atoms with Crippen LogP contribution in [0.5, 0.6) is 0 Å². The van der Waals surface area contributed by atoms with Crippen LogP contribution in [0.1, 0.15) is 12.5 Å². The second-order valence-electron chi connectivity index (χ2n) is 2.19. The van der Waals surface area contributed by atoms with Crippen molar-refractivity contribution >= 4 is 25.0 Å². The van der Waals surface area contributed by atoms with Crippen LogP contribution in [-0.2, 0) is 11.3 Å². The predicted molar refractivity (Wildman–Crippen MR) is 47.8 cm³/mol. The molecule has 62 valence electrons. The standard InChI is InChI=1S/C7H8BClN2O/c1-2-12-4-5-3-10-7(9)11-6(5)8/h3H,2,4H2,1H3. The molecular weight excluding hydrogens is 174 g/mol. The summed E-state index contributed by atoms with van der Waals surface area (Å²) in [5.74, 6) is 0. The largest absolute Gasteiger partial charge is 0.377 e. The SMILES string of the molecule is [B]c1nc(Cl)ncc1COCC. The first kappa shape index (κ1) is 9.48. The van der Waals surface area contributed by atoms with Gasteiger partial charge in [-0.3, -0.25) is 0 Å². The number of halogens is 1. The van der Waals surface area contributed by atoms with Crippen molar-refractivity contribution in [3.05, 3.63) is 17.0 Å². The zero-order valence-electron chi connectivity index (χ0n) is 6.75. The number of hydrogen-bond acceptors (Lipinski definition) is 3. The Morgan fingerprint density at radius 2 is 2.42 bits per heavy atom. The highest BCUT2D eigenvalue weighted by Crippen LogP contribution is 1.99. The van der Waals surface area contributed by atoms with Gasteiger partial charge in [-0.25, -0.2) is 9.97 Å². The summed E-state index contributed by atoms with van der Waals surface area (Å²) in [5, 5.41) is 0.160. The van der Waals surface area contributed by atoms with Crippen molar-refractivity contribution in [1.29, 1.82) is 0 Å². The van der Waals surface area contributed by atoms with Gasteiger partial charge in [0.1, 0.15) is 7.85 Å². The van der Waals surface area contributed by atoms with Crippen molar-refractivity contribution in [2.75, 3.05) is 6.61 Å². The molecule has 0 saturated heterocycles. The third-order valence-electron chi connectivity index (χ3n) is 1.33. The van der Waals surface area contributed by atoms with E-state index in [4.69, 9.17) is 24.2 Å². The van der Waals surface area contributed by atoms with Crippen LogP contribution in [0.15, 0.2) is 6.20 Å². The number of rotatable bonds is 3. The second kappa shape index (κ2) is 4.43. The van der Waals surface area contributed by atoms with E-state index >= 15 is 0 Å². The lowest BCUT2D eigenvalue weighted by molar-refractivity contribution is 0.134. The Hall–Kier alpha value is -0.605. The van der Waals surface area contributed by atoms with Gasteiger partial charge in [-0.1, -0.05) is 0 Å². The first-order valence-electron chi connectivity index (χ1n) is 3.58. The molecule has 0 spiro atoms. The Bertz CT molecular complexity index is 270. The maximum atomic E-state index is 5.55. The molecular formula is C7H8BClN2O. The van der Waals surface area contributed by atoms with Gasteiger partial charge < -0.3 is 4.74 Å². The highest BCUT2D eigenvalue weighted by atomic mass is 35.5. The highest BCUT2D eigenvalue weighted by Gasteiger charge is 2.00. The smallest absolute Gasteiger partial charge is 0.221 e. The lowest BCUT2D eigenvalue weighted by Gasteiger charge is -2.04. The molecule has 1 rings (SSSR count). The molecule has 0 bridgehead atoms. The molecule has 0 aliphatic carbocycles. The summed E-state index contributed by atoms with van der Waals surface area (Å²) < 4.78 is 5.14. The van der Waals surface area contributed by atoms with Gasteiger partial charge in [-0.2, -0.15) is 0 Å². The molecule has 3 nitrogen and oxygen atoms in total. The van der Waals surface area contributed by atoms with Crippen molar-refractivity contribution in [2.45, 2.75) is 13.5 Å². The average molecular weight is 182 g/mol. The first-order valence-corrected chi connectivity index (χ1v) is 3.96. The van der Waals surface area contributed by atoms with E-state index in [-0.39, 0.29) is 5.28 Å². The maximum Gasteiger partial charge on any atom is 0.221 e. The van der Waals surface area contributed by atoms with Gasteiger partial charge in [0.2, 0.25) is 5.28 Å². The third-order valence-corrected chi connectivity index (χ3v) is 1.51. The molecule has 0 unspecified atom stereocenters. The van der Waals surface area contributed by atoms with Crippen LogP contribution in [0.4, 0.5) is 0 Å². The Kier molecular flexibility index (Phi) is 3.50. The van der Waals surface area contributed by atoms with Crippen LogP contribution in [0.2, 0.25) is 5.28 Å². The monoisotopic (exact) mass is 182 g/mol. The van der Waals surface area contributed by atoms with Crippen LogP contribution >= 0.6 is 11.6 Å². The minimum absolute atomic E-state index is 0.160. The third kappa shape index (κ3) is 2.46. The van der Waals surface area contributed by atoms with Crippen LogP contribution < -0.4 is 5.59 Å². The van der Waals surface area contributed by atoms with E-state index in [1.54, 1.807) is 6.20 Å². The summed E-state index contributed by atoms with van der Waals surface area (Å²) in [6.07, 6.45) is 1.57. The Balaban J connectivity index is 2.72. The van der Waals surface area contributed by atoms with Crippen LogP contribution in [0.3, 0.4) is 0 Å². The number of nitrogens with zero attached hydrogens (tertiary/aromatic N) is 2. The Labute approximate surface area is 77.5 Å². The quantitative estimate of drug-likeness (QED) is 0.503. The molecule has 0 aliphatic rings. The summed E-state index contributed by atoms with van der Waals surface area (Å²) in [4.78, 5) is 7.57. The molecule has 0 fully saturated rings. The van der Waals surface area contributed by atoms with Gasteiger partial charge in [0.05, 0.1) is 6.61 Å². The van der Waals surface area contributed by atoms with Gasteiger partial charge in [-0.05, 0) is 24.1 Å². The van der Waals surface area contributed by atoms with Crippen molar-refractivity contribution in [2.24, 2.45) is 0 Å². The molecule has 1 aromatic heterocycles. The first-order chi connectivity index (χ1) is 5.74. The second-order valence-corrected chi connectivity index (χ2v) is 2.52. The van der Waals surface area contributed by atoms with E-state index < -0.39 is 0 Å². The number of ether oxygens (including phenoxy) is 1. The van der Waals surface area contributed by atoms with E-state index in [1.165, 1.54) is 0 Å². The van der Waals surface area contributed by atoms with Crippen molar-refractivity contribution < 1.29 is 4.74 Å². The summed E-state index contributed by atoms with van der Waals surface area (Å²) in [5.41, 5.74) is 1.14. The van der Waals surface area contributed by atoms with E-state index in [1.807, 2.05) is 6.92 Å². The molecule has 0 saturated carbocycles. The van der Waals surface area contributed by atoms with Gasteiger partial charge in [0, 0.05) is 18.4 Å². The van der Waals surface area contributed by atoms with Gasteiger partial charge >= 0.3 is 0 Å². The fraction of sp³-hybridized carbons (Fsp3) is 0.429. The van der Waals surface area contributed by atoms with Crippen LogP contribution in [0.25, 0.3) is 0 Å². The molecule has 12 heavy (non-hydrogen) atoms. The minimum Gasteiger partial charge on any atom is -0.377 e. The van der Waals surface area contributed by atoms with E-state index in [2.05, 4.69) is 9.97 Å². The number of hydrogen-bond donors (Lipinski definition) is 0. The van der Waals surface area contributed by atoms with Gasteiger partial charge in [-0.15, -0.1) is 0 Å². The van der Waals surface area contributed by atoms with Crippen molar-refractivity contribution in [3.63, 3.8) is 0 Å². The molecule has 1 aromatic rings. The summed E-state index contributed by atoms with van der Waals surface area (Å²) in [6, 6.07) is 0. The van der Waals surface area contributed by atoms with Crippen LogP contribution in [-0.4, -0.2) is 24.4 Å². The lowest BCUT2D eigenvalue weighted by Crippen LogP contribution is -2.16. The topological polar surface area (TPSA) is 35.0 Å². The Morgan fingerprint density at radius 1 is 1.67 bits per heavy atom. The lowest BCUT2D eigenvalue weighted by atomic mass is 9.99.